The van der Waals surface area contributed by atoms with Gasteiger partial charge in [-0.1, -0.05) is 104 Å². The second kappa shape index (κ2) is 18.6. The van der Waals surface area contributed by atoms with Crippen LogP contribution >= 0.6 is 0 Å². The van der Waals surface area contributed by atoms with Crippen LogP contribution in [0.15, 0.2) is 0 Å². The van der Waals surface area contributed by atoms with Gasteiger partial charge in [0.2, 0.25) is 0 Å². The van der Waals surface area contributed by atoms with E-state index in [2.05, 4.69) is 23.6 Å². The van der Waals surface area contributed by atoms with Gasteiger partial charge in [-0.2, -0.15) is 0 Å². The van der Waals surface area contributed by atoms with Gasteiger partial charge < -0.3 is 9.47 Å². The predicted octanol–water partition coefficient (Wildman–Crippen LogP) is 8.35. The number of hydrogen-bond donors (Lipinski definition) is 0. The standard InChI is InChI=1S/C36H64N2O4/c1-3-5-27-41-35(39)33(37(29-19-11-7-12-20-29)30-21-13-8-14-22-30)34(36(40)42-28-6-4-2)38(31-23-15-9-16-24-31)32-25-17-10-18-26-32/h29-34H,3-28H2,1-2H3. The fourth-order valence-corrected chi connectivity index (χ4v) is 8.65. The molecule has 4 aliphatic carbocycles. The Hall–Kier alpha value is -1.14. The van der Waals surface area contributed by atoms with Crippen LogP contribution in [0.1, 0.15) is 168 Å². The van der Waals surface area contributed by atoms with Gasteiger partial charge in [0.15, 0.2) is 0 Å². The molecule has 2 unspecified atom stereocenters. The molecule has 0 aromatic carbocycles. The molecule has 4 aliphatic rings. The summed E-state index contributed by atoms with van der Waals surface area (Å²) in [5.41, 5.74) is 0. The third kappa shape index (κ3) is 9.43. The van der Waals surface area contributed by atoms with Crippen molar-refractivity contribution in [3.05, 3.63) is 0 Å². The lowest BCUT2D eigenvalue weighted by Gasteiger charge is -2.52. The Labute approximate surface area is 258 Å². The third-order valence-electron chi connectivity index (χ3n) is 10.9. The van der Waals surface area contributed by atoms with Crippen molar-refractivity contribution in [2.45, 2.75) is 204 Å². The van der Waals surface area contributed by atoms with Gasteiger partial charge in [-0.15, -0.1) is 0 Å². The number of ether oxygens (including phenoxy) is 2. The molecule has 0 amide bonds. The molecule has 0 N–H and O–H groups in total. The first-order chi connectivity index (χ1) is 20.7. The predicted molar refractivity (Wildman–Crippen MR) is 170 cm³/mol. The van der Waals surface area contributed by atoms with Crippen LogP contribution in [0.3, 0.4) is 0 Å². The largest absolute Gasteiger partial charge is 0.464 e. The van der Waals surface area contributed by atoms with E-state index in [1.54, 1.807) is 0 Å². The maximum atomic E-state index is 14.6. The quantitative estimate of drug-likeness (QED) is 0.142. The lowest BCUT2D eigenvalue weighted by atomic mass is 9.83. The maximum Gasteiger partial charge on any atom is 0.325 e. The summed E-state index contributed by atoms with van der Waals surface area (Å²) in [7, 11) is 0. The number of hydrogen-bond acceptors (Lipinski definition) is 6. The van der Waals surface area contributed by atoms with Gasteiger partial charge >= 0.3 is 11.9 Å². The summed E-state index contributed by atoms with van der Waals surface area (Å²) < 4.78 is 12.3. The summed E-state index contributed by atoms with van der Waals surface area (Å²) >= 11 is 0. The first kappa shape index (κ1) is 33.7. The highest BCUT2D eigenvalue weighted by Crippen LogP contribution is 2.38. The Balaban J connectivity index is 1.80. The Morgan fingerprint density at radius 3 is 1.00 bits per heavy atom. The van der Waals surface area contributed by atoms with E-state index in [1.807, 2.05) is 0 Å². The van der Waals surface area contributed by atoms with Crippen LogP contribution in [0.4, 0.5) is 0 Å². The molecule has 0 bridgehead atoms. The SMILES string of the molecule is CCCCOC(=O)C(C(C(=O)OCCCC)N(C1CCCCC1)C1CCCCC1)N(C1CCCCC1)C1CCCCC1. The monoisotopic (exact) mass is 588 g/mol. The Bertz CT molecular complexity index is 666. The second-order valence-corrected chi connectivity index (χ2v) is 14.0. The minimum atomic E-state index is -0.578. The minimum absolute atomic E-state index is 0.159. The molecule has 4 fully saturated rings. The smallest absolute Gasteiger partial charge is 0.325 e. The van der Waals surface area contributed by atoms with E-state index >= 15 is 0 Å². The summed E-state index contributed by atoms with van der Waals surface area (Å²) in [5.74, 6) is -0.317. The molecular weight excluding hydrogens is 524 g/mol. The lowest BCUT2D eigenvalue weighted by molar-refractivity contribution is -0.172. The van der Waals surface area contributed by atoms with Crippen LogP contribution in [0, 0.1) is 0 Å². The number of rotatable bonds is 15. The molecule has 0 heterocycles. The molecule has 0 aliphatic heterocycles. The highest BCUT2D eigenvalue weighted by Gasteiger charge is 2.51. The van der Waals surface area contributed by atoms with Gasteiger partial charge in [0, 0.05) is 24.2 Å². The highest BCUT2D eigenvalue weighted by atomic mass is 16.5. The molecule has 2 atom stereocenters. The van der Waals surface area contributed by atoms with E-state index in [9.17, 15) is 9.59 Å². The second-order valence-electron chi connectivity index (χ2n) is 14.0. The van der Waals surface area contributed by atoms with Crippen molar-refractivity contribution >= 4 is 11.9 Å². The number of carbonyl (C=O) groups is 2. The fraction of sp³-hybridized carbons (Fsp3) is 0.944. The molecule has 6 heteroatoms. The van der Waals surface area contributed by atoms with Gasteiger partial charge in [-0.25, -0.2) is 0 Å². The van der Waals surface area contributed by atoms with Crippen molar-refractivity contribution in [1.82, 2.24) is 9.80 Å². The molecule has 4 rings (SSSR count). The summed E-state index contributed by atoms with van der Waals surface area (Å²) in [6, 6.07) is 0.219. The normalized spacial score (nSPS) is 23.6. The van der Waals surface area contributed by atoms with E-state index < -0.39 is 12.1 Å². The first-order valence-electron chi connectivity index (χ1n) is 18.5. The molecule has 42 heavy (non-hydrogen) atoms. The summed E-state index contributed by atoms with van der Waals surface area (Å²) in [4.78, 5) is 34.4. The number of esters is 2. The van der Waals surface area contributed by atoms with Gasteiger partial charge in [0.1, 0.15) is 12.1 Å². The van der Waals surface area contributed by atoms with Gasteiger partial charge in [0.25, 0.3) is 0 Å². The molecule has 242 valence electrons. The van der Waals surface area contributed by atoms with Crippen molar-refractivity contribution < 1.29 is 19.1 Å². The molecule has 0 saturated heterocycles. The number of carbonyl (C=O) groups excluding carboxylic acids is 2. The summed E-state index contributed by atoms with van der Waals surface area (Å²) in [6.07, 6.45) is 27.5. The van der Waals surface area contributed by atoms with Crippen molar-refractivity contribution in [3.8, 4) is 0 Å². The molecule has 0 radical (unpaired) electrons. The zero-order valence-corrected chi connectivity index (χ0v) is 27.4. The van der Waals surface area contributed by atoms with E-state index in [4.69, 9.17) is 9.47 Å². The zero-order valence-electron chi connectivity index (χ0n) is 27.4. The third-order valence-corrected chi connectivity index (χ3v) is 10.9. The van der Waals surface area contributed by atoms with Crippen LogP contribution in [-0.2, 0) is 19.1 Å². The average Bonchev–Trinajstić information content (AvgIpc) is 3.04. The number of unbranched alkanes of at least 4 members (excludes halogenated alkanes) is 2. The van der Waals surface area contributed by atoms with Gasteiger partial charge in [0.05, 0.1) is 13.2 Å². The molecule has 0 aromatic heterocycles. The van der Waals surface area contributed by atoms with E-state index in [-0.39, 0.29) is 11.9 Å². The Kier molecular flexibility index (Phi) is 15.0. The maximum absolute atomic E-state index is 14.6. The number of nitrogens with zero attached hydrogens (tertiary/aromatic N) is 2. The zero-order chi connectivity index (χ0) is 29.6. The van der Waals surface area contributed by atoms with Crippen LogP contribution in [-0.4, -0.2) is 71.2 Å². The minimum Gasteiger partial charge on any atom is -0.464 e. The van der Waals surface area contributed by atoms with Crippen LogP contribution < -0.4 is 0 Å². The van der Waals surface area contributed by atoms with Crippen molar-refractivity contribution in [3.63, 3.8) is 0 Å². The van der Waals surface area contributed by atoms with Gasteiger partial charge in [-0.3, -0.25) is 19.4 Å². The molecule has 0 spiro atoms. The van der Waals surface area contributed by atoms with Crippen LogP contribution in [0.5, 0.6) is 0 Å². The molecule has 4 saturated carbocycles. The molecule has 6 nitrogen and oxygen atoms in total. The Morgan fingerprint density at radius 1 is 0.500 bits per heavy atom. The summed E-state index contributed by atoms with van der Waals surface area (Å²) in [5, 5.41) is 0. The van der Waals surface area contributed by atoms with E-state index in [0.29, 0.717) is 37.4 Å². The molecule has 0 aromatic rings. The van der Waals surface area contributed by atoms with Crippen molar-refractivity contribution in [1.29, 1.82) is 0 Å². The van der Waals surface area contributed by atoms with Crippen molar-refractivity contribution in [2.75, 3.05) is 13.2 Å². The average molecular weight is 589 g/mol. The lowest BCUT2D eigenvalue weighted by Crippen LogP contribution is -2.67. The van der Waals surface area contributed by atoms with Crippen LogP contribution in [0.2, 0.25) is 0 Å². The molecular formula is C36H64N2O4. The van der Waals surface area contributed by atoms with Gasteiger partial charge in [-0.05, 0) is 64.2 Å². The first-order valence-corrected chi connectivity index (χ1v) is 18.5. The highest BCUT2D eigenvalue weighted by molar-refractivity contribution is 5.87. The summed E-state index contributed by atoms with van der Waals surface area (Å²) in [6.45, 7) is 5.17. The topological polar surface area (TPSA) is 59.1 Å². The van der Waals surface area contributed by atoms with E-state index in [0.717, 1.165) is 77.0 Å². The fourth-order valence-electron chi connectivity index (χ4n) is 8.65. The Morgan fingerprint density at radius 2 is 0.762 bits per heavy atom. The van der Waals surface area contributed by atoms with Crippen LogP contribution in [0.25, 0.3) is 0 Å². The van der Waals surface area contributed by atoms with Crippen molar-refractivity contribution in [2.24, 2.45) is 0 Å². The van der Waals surface area contributed by atoms with E-state index in [1.165, 1.54) is 77.0 Å².